The summed E-state index contributed by atoms with van der Waals surface area (Å²) >= 11 is 0. The second-order valence-electron chi connectivity index (χ2n) is 5.56. The van der Waals surface area contributed by atoms with Crippen molar-refractivity contribution in [1.29, 1.82) is 0 Å². The summed E-state index contributed by atoms with van der Waals surface area (Å²) in [6, 6.07) is 0. The van der Waals surface area contributed by atoms with Gasteiger partial charge in [-0.2, -0.15) is 0 Å². The van der Waals surface area contributed by atoms with Crippen molar-refractivity contribution in [3.05, 3.63) is 12.2 Å². The second kappa shape index (κ2) is 4.13. The summed E-state index contributed by atoms with van der Waals surface area (Å²) in [4.78, 5) is 0. The van der Waals surface area contributed by atoms with Crippen LogP contribution in [0.2, 0.25) is 0 Å². The predicted molar refractivity (Wildman–Crippen MR) is 59.6 cm³/mol. The minimum Gasteiger partial charge on any atom is -0.393 e. The van der Waals surface area contributed by atoms with E-state index < -0.39 is 6.29 Å². The van der Waals surface area contributed by atoms with E-state index in [1.807, 2.05) is 0 Å². The number of allylic oxidation sites excluding steroid dienone is 2. The van der Waals surface area contributed by atoms with Crippen molar-refractivity contribution in [2.75, 3.05) is 0 Å². The summed E-state index contributed by atoms with van der Waals surface area (Å²) in [6.45, 7) is 0. The normalized spacial score (nSPS) is 47.8. The molecule has 0 radical (unpaired) electrons. The number of ether oxygens (including phenoxy) is 1. The Kier molecular flexibility index (Phi) is 2.78. The third kappa shape index (κ3) is 1.92. The summed E-state index contributed by atoms with van der Waals surface area (Å²) in [5.74, 6) is 1.47. The van der Waals surface area contributed by atoms with Crippen molar-refractivity contribution in [1.82, 2.24) is 0 Å². The maximum absolute atomic E-state index is 10.1. The van der Waals surface area contributed by atoms with Crippen molar-refractivity contribution in [2.45, 2.75) is 50.6 Å². The molecular weight excluding hydrogens is 204 g/mol. The quantitative estimate of drug-likeness (QED) is 0.563. The number of rotatable bonds is 3. The zero-order chi connectivity index (χ0) is 11.1. The molecule has 0 amide bonds. The molecule has 6 unspecified atom stereocenters. The molecule has 16 heavy (non-hydrogen) atoms. The molecule has 3 aliphatic rings. The zero-order valence-electron chi connectivity index (χ0n) is 9.46. The molecule has 0 aromatic carbocycles. The Balaban J connectivity index is 1.54. The van der Waals surface area contributed by atoms with E-state index >= 15 is 0 Å². The average molecular weight is 224 g/mol. The van der Waals surface area contributed by atoms with Gasteiger partial charge < -0.3 is 14.9 Å². The first-order valence-corrected chi connectivity index (χ1v) is 6.42. The van der Waals surface area contributed by atoms with Crippen LogP contribution in [-0.2, 0) is 4.74 Å². The van der Waals surface area contributed by atoms with Crippen LogP contribution in [0.25, 0.3) is 0 Å². The van der Waals surface area contributed by atoms with Gasteiger partial charge in [0, 0.05) is 5.92 Å². The Bertz CT molecular complexity index is 289. The third-order valence-corrected chi connectivity index (χ3v) is 4.39. The molecule has 0 spiro atoms. The van der Waals surface area contributed by atoms with Crippen LogP contribution in [0.5, 0.6) is 0 Å². The van der Waals surface area contributed by atoms with Gasteiger partial charge in [0.1, 0.15) is 0 Å². The number of fused-ring (bicyclic) bond motifs is 2. The minimum atomic E-state index is -0.629. The molecule has 0 aromatic rings. The fraction of sp³-hybridized carbons (Fsp3) is 0.846. The lowest BCUT2D eigenvalue weighted by Crippen LogP contribution is -2.30. The number of hydrogen-bond donors (Lipinski definition) is 2. The summed E-state index contributed by atoms with van der Waals surface area (Å²) in [5, 5.41) is 19.5. The Morgan fingerprint density at radius 2 is 2.00 bits per heavy atom. The average Bonchev–Trinajstić information content (AvgIpc) is 2.93. The van der Waals surface area contributed by atoms with E-state index in [4.69, 9.17) is 4.74 Å². The lowest BCUT2D eigenvalue weighted by Gasteiger charge is -2.26. The van der Waals surface area contributed by atoms with E-state index in [0.29, 0.717) is 18.3 Å². The molecule has 3 heteroatoms. The van der Waals surface area contributed by atoms with Gasteiger partial charge in [0.2, 0.25) is 0 Å². The van der Waals surface area contributed by atoms with Gasteiger partial charge in [-0.25, -0.2) is 0 Å². The van der Waals surface area contributed by atoms with Crippen LogP contribution in [0.15, 0.2) is 12.2 Å². The first-order valence-electron chi connectivity index (χ1n) is 6.42. The van der Waals surface area contributed by atoms with Gasteiger partial charge in [-0.3, -0.25) is 0 Å². The molecule has 0 heterocycles. The van der Waals surface area contributed by atoms with Crippen LogP contribution in [0.4, 0.5) is 0 Å². The lowest BCUT2D eigenvalue weighted by molar-refractivity contribution is -0.169. The monoisotopic (exact) mass is 224 g/mol. The highest BCUT2D eigenvalue weighted by molar-refractivity contribution is 5.10. The number of aliphatic hydroxyl groups excluding tert-OH is 2. The molecule has 2 fully saturated rings. The molecule has 3 rings (SSSR count). The van der Waals surface area contributed by atoms with Crippen molar-refractivity contribution < 1.29 is 14.9 Å². The van der Waals surface area contributed by atoms with Crippen molar-refractivity contribution in [3.8, 4) is 0 Å². The fourth-order valence-electron chi connectivity index (χ4n) is 3.49. The SMILES string of the molecule is OC1CCC(OC(O)C2CC3C=CC2C3)C1. The van der Waals surface area contributed by atoms with E-state index in [1.54, 1.807) is 0 Å². The summed E-state index contributed by atoms with van der Waals surface area (Å²) in [7, 11) is 0. The lowest BCUT2D eigenvalue weighted by atomic mass is 9.93. The standard InChI is InChI=1S/C13H20O3/c14-10-3-4-11(7-10)16-13(15)12-6-8-1-2-9(12)5-8/h1-2,8-15H,3-7H2. The maximum atomic E-state index is 10.1. The smallest absolute Gasteiger partial charge is 0.158 e. The first-order chi connectivity index (χ1) is 7.72. The van der Waals surface area contributed by atoms with E-state index in [9.17, 15) is 10.2 Å². The van der Waals surface area contributed by atoms with Crippen LogP contribution in [0.3, 0.4) is 0 Å². The topological polar surface area (TPSA) is 49.7 Å². The molecule has 0 aliphatic heterocycles. The van der Waals surface area contributed by atoms with Crippen LogP contribution >= 0.6 is 0 Å². The van der Waals surface area contributed by atoms with Gasteiger partial charge >= 0.3 is 0 Å². The van der Waals surface area contributed by atoms with Gasteiger partial charge in [0.05, 0.1) is 12.2 Å². The highest BCUT2D eigenvalue weighted by atomic mass is 16.6. The Labute approximate surface area is 96.1 Å². The Hall–Kier alpha value is -0.380. The van der Waals surface area contributed by atoms with Crippen molar-refractivity contribution >= 4 is 0 Å². The van der Waals surface area contributed by atoms with Gasteiger partial charge in [-0.1, -0.05) is 12.2 Å². The van der Waals surface area contributed by atoms with Crippen molar-refractivity contribution in [3.63, 3.8) is 0 Å². The number of hydrogen-bond acceptors (Lipinski definition) is 3. The van der Waals surface area contributed by atoms with Gasteiger partial charge in [-0.15, -0.1) is 0 Å². The van der Waals surface area contributed by atoms with Gasteiger partial charge in [0.15, 0.2) is 6.29 Å². The minimum absolute atomic E-state index is 0.0631. The molecule has 2 saturated carbocycles. The molecule has 2 bridgehead atoms. The molecule has 90 valence electrons. The third-order valence-electron chi connectivity index (χ3n) is 4.39. The van der Waals surface area contributed by atoms with Gasteiger partial charge in [0.25, 0.3) is 0 Å². The molecule has 3 aliphatic carbocycles. The molecule has 6 atom stereocenters. The van der Waals surface area contributed by atoms with E-state index in [-0.39, 0.29) is 18.1 Å². The van der Waals surface area contributed by atoms with E-state index in [2.05, 4.69) is 12.2 Å². The number of aliphatic hydroxyl groups is 2. The van der Waals surface area contributed by atoms with Crippen molar-refractivity contribution in [2.24, 2.45) is 17.8 Å². The van der Waals surface area contributed by atoms with Crippen LogP contribution in [0, 0.1) is 17.8 Å². The Morgan fingerprint density at radius 3 is 2.56 bits per heavy atom. The summed E-state index contributed by atoms with van der Waals surface area (Å²) in [5.41, 5.74) is 0. The fourth-order valence-corrected chi connectivity index (χ4v) is 3.49. The molecule has 2 N–H and O–H groups in total. The summed E-state index contributed by atoms with van der Waals surface area (Å²) in [6.07, 6.45) is 8.36. The second-order valence-corrected chi connectivity index (χ2v) is 5.56. The van der Waals surface area contributed by atoms with E-state index in [1.165, 1.54) is 6.42 Å². The van der Waals surface area contributed by atoms with Crippen LogP contribution in [-0.4, -0.2) is 28.7 Å². The Morgan fingerprint density at radius 1 is 1.12 bits per heavy atom. The summed E-state index contributed by atoms with van der Waals surface area (Å²) < 4.78 is 5.68. The molecule has 3 nitrogen and oxygen atoms in total. The van der Waals surface area contributed by atoms with Gasteiger partial charge in [-0.05, 0) is 43.9 Å². The molecular formula is C13H20O3. The largest absolute Gasteiger partial charge is 0.393 e. The molecule has 0 aromatic heterocycles. The highest BCUT2D eigenvalue weighted by Crippen LogP contribution is 2.45. The van der Waals surface area contributed by atoms with E-state index in [0.717, 1.165) is 19.3 Å². The van der Waals surface area contributed by atoms with Crippen LogP contribution in [0.1, 0.15) is 32.1 Å². The zero-order valence-corrected chi connectivity index (χ0v) is 9.46. The predicted octanol–water partition coefficient (Wildman–Crippen LogP) is 1.45. The highest BCUT2D eigenvalue weighted by Gasteiger charge is 2.41. The van der Waals surface area contributed by atoms with Crippen LogP contribution < -0.4 is 0 Å². The first kappa shape index (κ1) is 10.8. The molecule has 0 saturated heterocycles. The maximum Gasteiger partial charge on any atom is 0.158 e.